The second-order valence-corrected chi connectivity index (χ2v) is 5.45. The van der Waals surface area contributed by atoms with Gasteiger partial charge in [0.1, 0.15) is 5.82 Å². The molecule has 25 heavy (non-hydrogen) atoms. The molecule has 140 valence electrons. The van der Waals surface area contributed by atoms with E-state index in [9.17, 15) is 13.6 Å². The monoisotopic (exact) mass is 394 g/mol. The molecule has 0 aliphatic carbocycles. The summed E-state index contributed by atoms with van der Waals surface area (Å²) in [6, 6.07) is 8.85. The first-order valence-corrected chi connectivity index (χ1v) is 7.27. The van der Waals surface area contributed by atoms with Gasteiger partial charge in [0.15, 0.2) is 0 Å². The molecule has 2 rings (SSSR count). The lowest BCUT2D eigenvalue weighted by Gasteiger charge is -2.25. The van der Waals surface area contributed by atoms with E-state index in [1.165, 1.54) is 17.3 Å². The Bertz CT molecular complexity index is 655. The average Bonchev–Trinajstić information content (AvgIpc) is 3.01. The van der Waals surface area contributed by atoms with Crippen LogP contribution in [0, 0.1) is 5.92 Å². The van der Waals surface area contributed by atoms with Gasteiger partial charge in [0.2, 0.25) is 5.91 Å². The fraction of sp³-hybridized carbons (Fsp3) is 0.375. The summed E-state index contributed by atoms with van der Waals surface area (Å²) in [4.78, 5) is 17.7. The molecular weight excluding hydrogens is 373 g/mol. The minimum Gasteiger partial charge on any atom is -0.338 e. The van der Waals surface area contributed by atoms with Crippen molar-refractivity contribution >= 4 is 30.7 Å². The summed E-state index contributed by atoms with van der Waals surface area (Å²) in [5.74, 6) is -0.557. The molecule has 9 heteroatoms. The Morgan fingerprint density at radius 2 is 1.88 bits per heavy atom. The molecule has 0 saturated carbocycles. The highest BCUT2D eigenvalue weighted by molar-refractivity contribution is 5.85. The molecule has 0 spiro atoms. The van der Waals surface area contributed by atoms with Crippen molar-refractivity contribution < 1.29 is 13.6 Å². The number of aromatic nitrogens is 2. The minimum atomic E-state index is -2.68. The number of benzene rings is 1. The smallest absolute Gasteiger partial charge is 0.319 e. The molecule has 1 heterocycles. The number of halogens is 4. The van der Waals surface area contributed by atoms with Crippen LogP contribution in [0.15, 0.2) is 42.7 Å². The second-order valence-electron chi connectivity index (χ2n) is 5.45. The molecule has 0 saturated heterocycles. The zero-order valence-electron chi connectivity index (χ0n) is 13.9. The Morgan fingerprint density at radius 3 is 2.44 bits per heavy atom. The van der Waals surface area contributed by atoms with Crippen LogP contribution >= 0.6 is 24.8 Å². The number of carbonyl (C=O) groups is 1. The zero-order chi connectivity index (χ0) is 17.0. The van der Waals surface area contributed by atoms with Crippen LogP contribution in [0.5, 0.6) is 0 Å². The maximum atomic E-state index is 12.8. The van der Waals surface area contributed by atoms with E-state index >= 15 is 0 Å². The predicted octanol–water partition coefficient (Wildman–Crippen LogP) is 3.42. The molecule has 1 amide bonds. The summed E-state index contributed by atoms with van der Waals surface area (Å²) >= 11 is 0. The van der Waals surface area contributed by atoms with Crippen molar-refractivity contribution in [2.24, 2.45) is 11.7 Å². The third-order valence-electron chi connectivity index (χ3n) is 3.83. The van der Waals surface area contributed by atoms with E-state index in [1.54, 1.807) is 14.0 Å². The van der Waals surface area contributed by atoms with Crippen molar-refractivity contribution in [1.82, 2.24) is 14.5 Å². The zero-order valence-corrected chi connectivity index (χ0v) is 15.5. The standard InChI is InChI=1S/C16H20F2N4O.2ClH/c1-11(14(19)12-6-4-3-5-7-12)15(23)21(2)10-13-20-8-9-22(13)16(17)18;;/h3-9,11,14,16H,10,19H2,1-2H3;2*1H. The highest BCUT2D eigenvalue weighted by Crippen LogP contribution is 2.21. The largest absolute Gasteiger partial charge is 0.338 e. The summed E-state index contributed by atoms with van der Waals surface area (Å²) in [5.41, 5.74) is 7.00. The first-order valence-electron chi connectivity index (χ1n) is 7.27. The van der Waals surface area contributed by atoms with Gasteiger partial charge < -0.3 is 10.6 Å². The lowest BCUT2D eigenvalue weighted by Crippen LogP contribution is -2.37. The number of amides is 1. The molecule has 0 aliphatic rings. The van der Waals surface area contributed by atoms with Crippen LogP contribution in [0.25, 0.3) is 0 Å². The molecule has 2 unspecified atom stereocenters. The minimum absolute atomic E-state index is 0. The van der Waals surface area contributed by atoms with Crippen LogP contribution in [-0.2, 0) is 11.3 Å². The molecule has 0 aliphatic heterocycles. The number of nitrogens with two attached hydrogens (primary N) is 1. The second kappa shape index (κ2) is 10.3. The molecule has 1 aromatic heterocycles. The average molecular weight is 395 g/mol. The van der Waals surface area contributed by atoms with Gasteiger partial charge in [0, 0.05) is 25.5 Å². The summed E-state index contributed by atoms with van der Waals surface area (Å²) in [6.45, 7) is -0.946. The molecular formula is C16H22Cl2F2N4O. The summed E-state index contributed by atoms with van der Waals surface area (Å²) in [7, 11) is 1.56. The van der Waals surface area contributed by atoms with Crippen molar-refractivity contribution in [1.29, 1.82) is 0 Å². The number of alkyl halides is 2. The highest BCUT2D eigenvalue weighted by atomic mass is 35.5. The van der Waals surface area contributed by atoms with Gasteiger partial charge in [-0.05, 0) is 5.56 Å². The Balaban J connectivity index is 0.00000288. The Hall–Kier alpha value is -1.70. The van der Waals surface area contributed by atoms with Crippen LogP contribution < -0.4 is 5.73 Å². The topological polar surface area (TPSA) is 64.2 Å². The van der Waals surface area contributed by atoms with Crippen molar-refractivity contribution in [3.05, 3.63) is 54.1 Å². The van der Waals surface area contributed by atoms with Crippen molar-refractivity contribution in [3.8, 4) is 0 Å². The van der Waals surface area contributed by atoms with Crippen LogP contribution in [-0.4, -0.2) is 27.4 Å². The molecule has 2 aromatic rings. The van der Waals surface area contributed by atoms with Crippen LogP contribution in [0.2, 0.25) is 0 Å². The van der Waals surface area contributed by atoms with Crippen molar-refractivity contribution in [2.45, 2.75) is 26.1 Å². The first-order chi connectivity index (χ1) is 10.9. The van der Waals surface area contributed by atoms with Crippen molar-refractivity contribution in [3.63, 3.8) is 0 Å². The third kappa shape index (κ3) is 5.66. The molecule has 5 nitrogen and oxygen atoms in total. The maximum absolute atomic E-state index is 12.8. The number of hydrogen-bond donors (Lipinski definition) is 1. The number of rotatable bonds is 6. The van der Waals surface area contributed by atoms with Gasteiger partial charge in [-0.15, -0.1) is 24.8 Å². The number of imidazole rings is 1. The molecule has 0 radical (unpaired) electrons. The van der Waals surface area contributed by atoms with Gasteiger partial charge in [-0.3, -0.25) is 9.36 Å². The van der Waals surface area contributed by atoms with Crippen LogP contribution in [0.3, 0.4) is 0 Å². The normalized spacial score (nSPS) is 12.7. The van der Waals surface area contributed by atoms with E-state index in [1.807, 2.05) is 30.3 Å². The summed E-state index contributed by atoms with van der Waals surface area (Å²) in [6.07, 6.45) is 2.48. The molecule has 2 N–H and O–H groups in total. The Labute approximate surface area is 158 Å². The third-order valence-corrected chi connectivity index (χ3v) is 3.83. The fourth-order valence-corrected chi connectivity index (χ4v) is 2.40. The SMILES string of the molecule is CC(C(=O)N(C)Cc1nccn1C(F)F)C(N)c1ccccc1.Cl.Cl. The number of nitrogens with zero attached hydrogens (tertiary/aromatic N) is 3. The molecule has 0 bridgehead atoms. The maximum Gasteiger partial charge on any atom is 0.319 e. The van der Waals surface area contributed by atoms with Gasteiger partial charge in [-0.25, -0.2) is 4.98 Å². The summed E-state index contributed by atoms with van der Waals surface area (Å²) in [5, 5.41) is 0. The van der Waals surface area contributed by atoms with Gasteiger partial charge in [-0.1, -0.05) is 37.3 Å². The van der Waals surface area contributed by atoms with Crippen LogP contribution in [0.4, 0.5) is 8.78 Å². The van der Waals surface area contributed by atoms with Gasteiger partial charge >= 0.3 is 6.55 Å². The van der Waals surface area contributed by atoms with Gasteiger partial charge in [-0.2, -0.15) is 8.78 Å². The molecule has 1 aromatic carbocycles. The predicted molar refractivity (Wildman–Crippen MR) is 97.0 cm³/mol. The van der Waals surface area contributed by atoms with Crippen molar-refractivity contribution in [2.75, 3.05) is 7.05 Å². The number of hydrogen-bond acceptors (Lipinski definition) is 3. The summed E-state index contributed by atoms with van der Waals surface area (Å²) < 4.78 is 26.4. The van der Waals surface area contributed by atoms with E-state index in [4.69, 9.17) is 5.73 Å². The molecule has 2 atom stereocenters. The quantitative estimate of drug-likeness (QED) is 0.815. The Kier molecular flexibility index (Phi) is 9.62. The van der Waals surface area contributed by atoms with E-state index in [-0.39, 0.29) is 43.1 Å². The van der Waals surface area contributed by atoms with Crippen LogP contribution in [0.1, 0.15) is 30.9 Å². The fourth-order valence-electron chi connectivity index (χ4n) is 2.40. The highest BCUT2D eigenvalue weighted by Gasteiger charge is 2.26. The van der Waals surface area contributed by atoms with E-state index in [0.717, 1.165) is 10.1 Å². The lowest BCUT2D eigenvalue weighted by atomic mass is 9.94. The van der Waals surface area contributed by atoms with E-state index in [2.05, 4.69) is 4.98 Å². The van der Waals surface area contributed by atoms with E-state index in [0.29, 0.717) is 0 Å². The first kappa shape index (κ1) is 23.3. The molecule has 0 fully saturated rings. The number of carbonyl (C=O) groups excluding carboxylic acids is 1. The van der Waals surface area contributed by atoms with Gasteiger partial charge in [0.25, 0.3) is 0 Å². The lowest BCUT2D eigenvalue weighted by molar-refractivity contribution is -0.135. The Morgan fingerprint density at radius 1 is 1.28 bits per heavy atom. The van der Waals surface area contributed by atoms with E-state index < -0.39 is 18.5 Å². The van der Waals surface area contributed by atoms with Gasteiger partial charge in [0.05, 0.1) is 12.5 Å².